The topological polar surface area (TPSA) is 49.3 Å². The molecule has 0 saturated carbocycles. The van der Waals surface area contributed by atoms with Crippen LogP contribution < -0.4 is 9.80 Å². The number of thiophene rings is 1. The minimum Gasteiger partial charge on any atom is -0.355 e. The van der Waals surface area contributed by atoms with E-state index in [0.717, 1.165) is 67.4 Å². The van der Waals surface area contributed by atoms with E-state index in [-0.39, 0.29) is 5.92 Å². The van der Waals surface area contributed by atoms with Crippen LogP contribution in [0.15, 0.2) is 47.8 Å². The summed E-state index contributed by atoms with van der Waals surface area (Å²) in [5.41, 5.74) is 4.61. The standard InChI is InChI=1S/C24H26N4OS/c1-17-6-8-21-19(16-17)4-2-12-28(21)24(29)18-10-13-27(14-11-18)23-9-7-20(25-26-23)22-5-3-15-30-22/h3,5-9,15-16,18H,2,4,10-14H2,1H3. The lowest BCUT2D eigenvalue weighted by atomic mass is 9.92. The fourth-order valence-corrected chi connectivity index (χ4v) is 5.27. The van der Waals surface area contributed by atoms with E-state index in [4.69, 9.17) is 0 Å². The van der Waals surface area contributed by atoms with Crippen molar-refractivity contribution in [1.82, 2.24) is 10.2 Å². The van der Waals surface area contributed by atoms with Crippen LogP contribution in [0.4, 0.5) is 11.5 Å². The molecule has 1 amide bonds. The molecule has 1 aromatic carbocycles. The Hall–Kier alpha value is -2.73. The summed E-state index contributed by atoms with van der Waals surface area (Å²) >= 11 is 1.67. The van der Waals surface area contributed by atoms with Crippen molar-refractivity contribution in [3.8, 4) is 10.6 Å². The number of anilines is 2. The van der Waals surface area contributed by atoms with Gasteiger partial charge in [-0.3, -0.25) is 4.79 Å². The first-order valence-electron chi connectivity index (χ1n) is 10.7. The molecular formula is C24H26N4OS. The summed E-state index contributed by atoms with van der Waals surface area (Å²) < 4.78 is 0. The Kier molecular flexibility index (Phi) is 5.25. The molecule has 2 aliphatic rings. The maximum absolute atomic E-state index is 13.3. The predicted octanol–water partition coefficient (Wildman–Crippen LogP) is 4.71. The fraction of sp³-hybridized carbons (Fsp3) is 0.375. The Bertz CT molecular complexity index is 1020. The summed E-state index contributed by atoms with van der Waals surface area (Å²) in [6.45, 7) is 4.65. The van der Waals surface area contributed by atoms with Crippen molar-refractivity contribution in [2.75, 3.05) is 29.4 Å². The van der Waals surface area contributed by atoms with Gasteiger partial charge in [-0.15, -0.1) is 21.5 Å². The molecule has 4 heterocycles. The number of hydrogen-bond donors (Lipinski definition) is 0. The van der Waals surface area contributed by atoms with E-state index in [0.29, 0.717) is 5.91 Å². The summed E-state index contributed by atoms with van der Waals surface area (Å²) in [7, 11) is 0. The van der Waals surface area contributed by atoms with E-state index >= 15 is 0 Å². The number of amides is 1. The van der Waals surface area contributed by atoms with E-state index in [9.17, 15) is 4.79 Å². The van der Waals surface area contributed by atoms with E-state index in [1.165, 1.54) is 11.1 Å². The van der Waals surface area contributed by atoms with Gasteiger partial charge in [-0.25, -0.2) is 0 Å². The maximum Gasteiger partial charge on any atom is 0.230 e. The van der Waals surface area contributed by atoms with E-state index in [1.54, 1.807) is 11.3 Å². The first kappa shape index (κ1) is 19.2. The van der Waals surface area contributed by atoms with E-state index in [2.05, 4.69) is 51.7 Å². The highest BCUT2D eigenvalue weighted by Crippen LogP contribution is 2.32. The minimum absolute atomic E-state index is 0.0897. The van der Waals surface area contributed by atoms with Crippen LogP contribution in [-0.4, -0.2) is 35.7 Å². The molecule has 2 aromatic heterocycles. The number of piperidine rings is 1. The Balaban J connectivity index is 1.24. The number of aryl methyl sites for hydroxylation is 2. The van der Waals surface area contributed by atoms with Gasteiger partial charge in [-0.05, 0) is 67.8 Å². The second kappa shape index (κ2) is 8.19. The molecule has 154 valence electrons. The Morgan fingerprint density at radius 1 is 1.07 bits per heavy atom. The van der Waals surface area contributed by atoms with Gasteiger partial charge in [0.2, 0.25) is 5.91 Å². The van der Waals surface area contributed by atoms with Gasteiger partial charge in [-0.1, -0.05) is 23.8 Å². The summed E-state index contributed by atoms with van der Waals surface area (Å²) in [5, 5.41) is 10.9. The van der Waals surface area contributed by atoms with Gasteiger partial charge in [0.05, 0.1) is 4.88 Å². The number of fused-ring (bicyclic) bond motifs is 1. The van der Waals surface area contributed by atoms with E-state index in [1.807, 2.05) is 23.1 Å². The van der Waals surface area contributed by atoms with Gasteiger partial charge in [0.15, 0.2) is 5.82 Å². The lowest BCUT2D eigenvalue weighted by Crippen LogP contribution is -2.44. The number of carbonyl (C=O) groups excluding carboxylic acids is 1. The molecule has 5 nitrogen and oxygen atoms in total. The molecule has 30 heavy (non-hydrogen) atoms. The second-order valence-corrected chi connectivity index (χ2v) is 9.19. The Morgan fingerprint density at radius 2 is 1.93 bits per heavy atom. The van der Waals surface area contributed by atoms with Crippen LogP contribution in [0.1, 0.15) is 30.4 Å². The van der Waals surface area contributed by atoms with Crippen LogP contribution in [0, 0.1) is 12.8 Å². The number of benzene rings is 1. The monoisotopic (exact) mass is 418 g/mol. The van der Waals surface area contributed by atoms with Gasteiger partial charge in [0.1, 0.15) is 5.69 Å². The highest BCUT2D eigenvalue weighted by atomic mass is 32.1. The Labute approximate surface area is 181 Å². The third-order valence-corrected chi connectivity index (χ3v) is 7.10. The first-order chi connectivity index (χ1) is 14.7. The third kappa shape index (κ3) is 3.72. The highest BCUT2D eigenvalue weighted by Gasteiger charge is 2.31. The molecule has 0 bridgehead atoms. The van der Waals surface area contributed by atoms with Crippen LogP contribution in [0.3, 0.4) is 0 Å². The molecular weight excluding hydrogens is 392 g/mol. The molecule has 2 aliphatic heterocycles. The second-order valence-electron chi connectivity index (χ2n) is 8.24. The number of carbonyl (C=O) groups is 1. The minimum atomic E-state index is 0.0897. The van der Waals surface area contributed by atoms with Gasteiger partial charge >= 0.3 is 0 Å². The largest absolute Gasteiger partial charge is 0.355 e. The van der Waals surface area contributed by atoms with Crippen LogP contribution in [-0.2, 0) is 11.2 Å². The number of hydrogen-bond acceptors (Lipinski definition) is 5. The molecule has 0 atom stereocenters. The zero-order chi connectivity index (χ0) is 20.5. The molecule has 1 saturated heterocycles. The van der Waals surface area contributed by atoms with Crippen molar-refractivity contribution in [3.05, 3.63) is 59.0 Å². The van der Waals surface area contributed by atoms with Crippen molar-refractivity contribution >= 4 is 28.7 Å². The van der Waals surface area contributed by atoms with Crippen molar-refractivity contribution in [3.63, 3.8) is 0 Å². The van der Waals surface area contributed by atoms with Gasteiger partial charge in [0, 0.05) is 31.2 Å². The smallest absolute Gasteiger partial charge is 0.230 e. The molecule has 0 N–H and O–H groups in total. The van der Waals surface area contributed by atoms with Crippen LogP contribution in [0.5, 0.6) is 0 Å². The third-order valence-electron chi connectivity index (χ3n) is 6.21. The normalized spacial score (nSPS) is 17.1. The average Bonchev–Trinajstić information content (AvgIpc) is 3.33. The molecule has 0 spiro atoms. The van der Waals surface area contributed by atoms with Crippen LogP contribution in [0.25, 0.3) is 10.6 Å². The van der Waals surface area contributed by atoms with Crippen LogP contribution in [0.2, 0.25) is 0 Å². The molecule has 0 radical (unpaired) electrons. The predicted molar refractivity (Wildman–Crippen MR) is 122 cm³/mol. The lowest BCUT2D eigenvalue weighted by Gasteiger charge is -2.36. The first-order valence-corrected chi connectivity index (χ1v) is 11.6. The number of aromatic nitrogens is 2. The van der Waals surface area contributed by atoms with Gasteiger partial charge < -0.3 is 9.80 Å². The SMILES string of the molecule is Cc1ccc2c(c1)CCCN2C(=O)C1CCN(c2ccc(-c3cccs3)nn2)CC1. The summed E-state index contributed by atoms with van der Waals surface area (Å²) in [6.07, 6.45) is 3.85. The van der Waals surface area contributed by atoms with Crippen molar-refractivity contribution in [2.45, 2.75) is 32.6 Å². The molecule has 0 unspecified atom stereocenters. The van der Waals surface area contributed by atoms with Gasteiger partial charge in [-0.2, -0.15) is 0 Å². The zero-order valence-corrected chi connectivity index (χ0v) is 18.1. The molecule has 6 heteroatoms. The van der Waals surface area contributed by atoms with E-state index < -0.39 is 0 Å². The fourth-order valence-electron chi connectivity index (χ4n) is 4.58. The summed E-state index contributed by atoms with van der Waals surface area (Å²) in [4.78, 5) is 18.7. The summed E-state index contributed by atoms with van der Waals surface area (Å²) in [6, 6.07) is 14.7. The molecule has 1 fully saturated rings. The summed E-state index contributed by atoms with van der Waals surface area (Å²) in [5.74, 6) is 1.28. The van der Waals surface area contributed by atoms with Crippen molar-refractivity contribution in [1.29, 1.82) is 0 Å². The lowest BCUT2D eigenvalue weighted by molar-refractivity contribution is -0.123. The van der Waals surface area contributed by atoms with Crippen molar-refractivity contribution < 1.29 is 4.79 Å². The molecule has 3 aromatic rings. The van der Waals surface area contributed by atoms with Crippen molar-refractivity contribution in [2.24, 2.45) is 5.92 Å². The number of nitrogens with zero attached hydrogens (tertiary/aromatic N) is 4. The van der Waals surface area contributed by atoms with Crippen LogP contribution >= 0.6 is 11.3 Å². The van der Waals surface area contributed by atoms with Gasteiger partial charge in [0.25, 0.3) is 0 Å². The highest BCUT2D eigenvalue weighted by molar-refractivity contribution is 7.13. The molecule has 0 aliphatic carbocycles. The quantitative estimate of drug-likeness (QED) is 0.618. The zero-order valence-electron chi connectivity index (χ0n) is 17.3. The Morgan fingerprint density at radius 3 is 2.67 bits per heavy atom. The average molecular weight is 419 g/mol. The maximum atomic E-state index is 13.3. The molecule has 5 rings (SSSR count). The number of rotatable bonds is 3.